The van der Waals surface area contributed by atoms with Gasteiger partial charge >= 0.3 is 6.85 Å². The highest BCUT2D eigenvalue weighted by atomic mass is 16.1. The van der Waals surface area contributed by atoms with Crippen molar-refractivity contribution in [3.8, 4) is 0 Å². The molecule has 1 aliphatic heterocycles. The van der Waals surface area contributed by atoms with E-state index in [2.05, 4.69) is 23.3 Å². The van der Waals surface area contributed by atoms with Crippen molar-refractivity contribution in [1.82, 2.24) is 5.23 Å². The van der Waals surface area contributed by atoms with Crippen molar-refractivity contribution < 1.29 is 4.79 Å². The summed E-state index contributed by atoms with van der Waals surface area (Å²) in [5.74, 6) is 2.31. The van der Waals surface area contributed by atoms with Gasteiger partial charge in [-0.2, -0.15) is 0 Å². The topological polar surface area (TPSA) is 29.1 Å². The average molecular weight is 211 g/mol. The summed E-state index contributed by atoms with van der Waals surface area (Å²) in [5, 5.41) is 3.26. The van der Waals surface area contributed by atoms with E-state index in [1.165, 1.54) is 5.46 Å². The highest BCUT2D eigenvalue weighted by molar-refractivity contribution is 6.76. The number of hydrogen-bond acceptors (Lipinski definition) is 2. The van der Waals surface area contributed by atoms with Crippen LogP contribution in [0.5, 0.6) is 0 Å². The molecule has 1 heterocycles. The Labute approximate surface area is 96.2 Å². The zero-order chi connectivity index (χ0) is 11.4. The van der Waals surface area contributed by atoms with Gasteiger partial charge in [0.1, 0.15) is 5.78 Å². The Morgan fingerprint density at radius 3 is 2.56 bits per heavy atom. The first kappa shape index (κ1) is 10.7. The van der Waals surface area contributed by atoms with Gasteiger partial charge < -0.3 is 5.23 Å². The maximum absolute atomic E-state index is 11.0. The number of rotatable bonds is 3. The number of allylic oxidation sites excluding steroid dienone is 2. The molecule has 0 atom stereocenters. The molecule has 2 nitrogen and oxygen atoms in total. The first-order chi connectivity index (χ1) is 7.75. The average Bonchev–Trinajstić information content (AvgIpc) is 2.30. The van der Waals surface area contributed by atoms with E-state index >= 15 is 0 Å². The van der Waals surface area contributed by atoms with Crippen molar-refractivity contribution >= 4 is 18.1 Å². The Morgan fingerprint density at radius 1 is 1.25 bits per heavy atom. The van der Waals surface area contributed by atoms with Crippen LogP contribution >= 0.6 is 0 Å². The maximum Gasteiger partial charge on any atom is 0.312 e. The van der Waals surface area contributed by atoms with Crippen LogP contribution in [0.3, 0.4) is 0 Å². The smallest absolute Gasteiger partial charge is 0.312 e. The maximum atomic E-state index is 11.0. The van der Waals surface area contributed by atoms with Crippen LogP contribution in [0.4, 0.5) is 0 Å². The van der Waals surface area contributed by atoms with Gasteiger partial charge in [0.25, 0.3) is 0 Å². The van der Waals surface area contributed by atoms with Crippen LogP contribution in [0.25, 0.3) is 0 Å². The Kier molecular flexibility index (Phi) is 3.25. The Bertz CT molecular complexity index is 434. The highest BCUT2D eigenvalue weighted by Gasteiger charge is 2.12. The fourth-order valence-electron chi connectivity index (χ4n) is 1.78. The molecule has 0 aromatic heterocycles. The number of nitrogens with one attached hydrogen (secondary N) is 1. The SMILES string of the molecule is CC(=O)Cc1ccc(B2C=CC=CN2)cc1. The van der Waals surface area contributed by atoms with Crippen molar-refractivity contribution in [1.29, 1.82) is 0 Å². The molecule has 1 aliphatic rings. The summed E-state index contributed by atoms with van der Waals surface area (Å²) in [7, 11) is 0. The molecule has 0 aliphatic carbocycles. The minimum absolute atomic E-state index is 0.200. The predicted octanol–water partition coefficient (Wildman–Crippen LogP) is 1.23. The molecule has 0 fully saturated rings. The first-order valence-electron chi connectivity index (χ1n) is 5.43. The van der Waals surface area contributed by atoms with Gasteiger partial charge in [0.05, 0.1) is 0 Å². The molecule has 0 unspecified atom stereocenters. The summed E-state index contributed by atoms with van der Waals surface area (Å²) in [5.41, 5.74) is 2.29. The van der Waals surface area contributed by atoms with Crippen LogP contribution in [-0.4, -0.2) is 12.6 Å². The van der Waals surface area contributed by atoms with Crippen LogP contribution < -0.4 is 10.7 Å². The number of ketones is 1. The molecule has 2 rings (SSSR count). The molecular weight excluding hydrogens is 197 g/mol. The minimum Gasteiger partial charge on any atom is -0.427 e. The van der Waals surface area contributed by atoms with Gasteiger partial charge in [-0.15, -0.1) is 0 Å². The van der Waals surface area contributed by atoms with Crippen LogP contribution in [0.2, 0.25) is 0 Å². The second-order valence-electron chi connectivity index (χ2n) is 4.01. The van der Waals surface area contributed by atoms with E-state index in [0.717, 1.165) is 5.56 Å². The largest absolute Gasteiger partial charge is 0.427 e. The second kappa shape index (κ2) is 4.84. The number of benzene rings is 1. The first-order valence-corrected chi connectivity index (χ1v) is 5.43. The van der Waals surface area contributed by atoms with Gasteiger partial charge in [0.15, 0.2) is 0 Å². The standard InChI is InChI=1S/C13H14BNO/c1-11(16)10-12-4-6-13(7-5-12)14-8-2-3-9-15-14/h2-9,15H,10H2,1H3. The molecule has 0 amide bonds. The third-order valence-electron chi connectivity index (χ3n) is 2.58. The van der Waals surface area contributed by atoms with Gasteiger partial charge in [-0.1, -0.05) is 41.8 Å². The molecule has 1 N–H and O–H groups in total. The molecule has 3 heteroatoms. The number of carbonyl (C=O) groups is 1. The number of hydrogen-bond donors (Lipinski definition) is 1. The fourth-order valence-corrected chi connectivity index (χ4v) is 1.78. The zero-order valence-corrected chi connectivity index (χ0v) is 9.31. The van der Waals surface area contributed by atoms with Crippen molar-refractivity contribution in [3.63, 3.8) is 0 Å². The number of Topliss-reactive ketones (excluding diaryl/α,β-unsaturated/α-hetero) is 1. The van der Waals surface area contributed by atoms with E-state index in [4.69, 9.17) is 0 Å². The fraction of sp³-hybridized carbons (Fsp3) is 0.154. The zero-order valence-electron chi connectivity index (χ0n) is 9.31. The quantitative estimate of drug-likeness (QED) is 0.762. The molecular formula is C13H14BNO. The molecule has 0 radical (unpaired) electrons. The van der Waals surface area contributed by atoms with Crippen LogP contribution in [-0.2, 0) is 11.2 Å². The van der Waals surface area contributed by atoms with Gasteiger partial charge in [0.2, 0.25) is 0 Å². The Balaban J connectivity index is 2.10. The van der Waals surface area contributed by atoms with Crippen LogP contribution in [0, 0.1) is 0 Å². The van der Waals surface area contributed by atoms with Crippen molar-refractivity contribution in [2.45, 2.75) is 13.3 Å². The van der Waals surface area contributed by atoms with E-state index in [-0.39, 0.29) is 12.6 Å². The minimum atomic E-state index is 0.200. The van der Waals surface area contributed by atoms with Gasteiger partial charge in [0, 0.05) is 6.42 Å². The third-order valence-corrected chi connectivity index (χ3v) is 2.58. The van der Waals surface area contributed by atoms with E-state index in [9.17, 15) is 4.79 Å². The van der Waals surface area contributed by atoms with Gasteiger partial charge in [-0.05, 0) is 24.8 Å². The van der Waals surface area contributed by atoms with E-state index in [0.29, 0.717) is 6.42 Å². The number of carbonyl (C=O) groups excluding carboxylic acids is 1. The lowest BCUT2D eigenvalue weighted by Crippen LogP contribution is -2.41. The van der Waals surface area contributed by atoms with E-state index in [1.54, 1.807) is 6.92 Å². The molecule has 0 bridgehead atoms. The summed E-state index contributed by atoms with van der Waals surface area (Å²) < 4.78 is 0. The lowest BCUT2D eigenvalue weighted by atomic mass is 9.55. The van der Waals surface area contributed by atoms with Crippen molar-refractivity contribution in [3.05, 3.63) is 54.2 Å². The van der Waals surface area contributed by atoms with E-state index < -0.39 is 0 Å². The lowest BCUT2D eigenvalue weighted by molar-refractivity contribution is -0.116. The van der Waals surface area contributed by atoms with E-state index in [1.807, 2.05) is 30.5 Å². The van der Waals surface area contributed by atoms with Gasteiger partial charge in [-0.3, -0.25) is 4.79 Å². The predicted molar refractivity (Wildman–Crippen MR) is 67.6 cm³/mol. The second-order valence-corrected chi connectivity index (χ2v) is 4.01. The molecule has 1 aromatic carbocycles. The molecule has 0 saturated carbocycles. The van der Waals surface area contributed by atoms with Crippen molar-refractivity contribution in [2.24, 2.45) is 0 Å². The summed E-state index contributed by atoms with van der Waals surface area (Å²) >= 11 is 0. The highest BCUT2D eigenvalue weighted by Crippen LogP contribution is 2.01. The molecule has 0 spiro atoms. The monoisotopic (exact) mass is 211 g/mol. The van der Waals surface area contributed by atoms with Crippen LogP contribution in [0.1, 0.15) is 12.5 Å². The normalized spacial score (nSPS) is 13.7. The summed E-state index contributed by atoms with van der Waals surface area (Å²) in [6, 6.07) is 8.17. The summed E-state index contributed by atoms with van der Waals surface area (Å²) in [4.78, 5) is 11.0. The Hall–Kier alpha value is -1.77. The lowest BCUT2D eigenvalue weighted by Gasteiger charge is -2.12. The van der Waals surface area contributed by atoms with Gasteiger partial charge in [-0.25, -0.2) is 0 Å². The molecule has 1 aromatic rings. The summed E-state index contributed by atoms with van der Waals surface area (Å²) in [6.07, 6.45) is 6.47. The summed E-state index contributed by atoms with van der Waals surface area (Å²) in [6.45, 7) is 1.86. The molecule has 16 heavy (non-hydrogen) atoms. The Morgan fingerprint density at radius 2 is 2.00 bits per heavy atom. The molecule has 0 saturated heterocycles. The molecule has 80 valence electrons. The third kappa shape index (κ3) is 2.63. The van der Waals surface area contributed by atoms with Crippen LogP contribution in [0.15, 0.2) is 48.6 Å². The van der Waals surface area contributed by atoms with Crippen molar-refractivity contribution in [2.75, 3.05) is 0 Å².